The van der Waals surface area contributed by atoms with Gasteiger partial charge >= 0.3 is 0 Å². The van der Waals surface area contributed by atoms with Gasteiger partial charge in [0.2, 0.25) is 0 Å². The minimum Gasteiger partial charge on any atom is -0.256 e. The predicted molar refractivity (Wildman–Crippen MR) is 368 cm³/mol. The summed E-state index contributed by atoms with van der Waals surface area (Å²) in [4.78, 5) is 38.1. The standard InChI is InChI=1S/C81H67N7S/c1-78(2)46-80(5,6)67-44-56(33-36-65(67)78)74-84-73(55-22-16-20-53(41-55)69-28-13-14-39-82-69)85-76(86-74)62-27-17-26-61-63-42-51(35-38-70(63)89-71(61)62)49-31-29-48(30-32-49)50-19-15-21-54(40-50)72-83-75(57-34-37-66-68(45-57)81(7,8)47-79(66,3)4)88-77(87-72)64-43-52-18-9-10-23-58(52)59-24-11-12-25-60(59)64/h9-26,28-45,62H,27,46-47H2,1-8H3. The first-order chi connectivity index (χ1) is 43.0. The quantitative estimate of drug-likeness (QED) is 0.133. The van der Waals surface area contributed by atoms with E-state index in [9.17, 15) is 0 Å². The van der Waals surface area contributed by atoms with Gasteiger partial charge in [-0.05, 0) is 167 Å². The Labute approximate surface area is 524 Å². The maximum atomic E-state index is 5.43. The number of hydrogen-bond acceptors (Lipinski definition) is 8. The van der Waals surface area contributed by atoms with E-state index in [4.69, 9.17) is 29.9 Å². The molecule has 3 aliphatic rings. The first-order valence-electron chi connectivity index (χ1n) is 31.2. The van der Waals surface area contributed by atoms with E-state index in [1.165, 1.54) is 59.1 Å². The van der Waals surface area contributed by atoms with Gasteiger partial charge in [-0.2, -0.15) is 0 Å². The molecule has 7 nitrogen and oxygen atoms in total. The summed E-state index contributed by atoms with van der Waals surface area (Å²) in [6.45, 7) is 18.9. The van der Waals surface area contributed by atoms with E-state index in [-0.39, 0.29) is 27.6 Å². The first-order valence-corrected chi connectivity index (χ1v) is 32.0. The highest BCUT2D eigenvalue weighted by molar-refractivity contribution is 7.19. The average Bonchev–Trinajstić information content (AvgIpc) is 1.81. The molecule has 0 saturated carbocycles. The van der Waals surface area contributed by atoms with Gasteiger partial charge in [-0.1, -0.05) is 213 Å². The summed E-state index contributed by atoms with van der Waals surface area (Å²) in [6.07, 6.45) is 9.41. The van der Waals surface area contributed by atoms with E-state index in [2.05, 4.69) is 255 Å². The average molecular weight is 1170 g/mol. The van der Waals surface area contributed by atoms with Crippen LogP contribution in [0.5, 0.6) is 0 Å². The van der Waals surface area contributed by atoms with Crippen LogP contribution in [0.3, 0.4) is 0 Å². The van der Waals surface area contributed by atoms with E-state index >= 15 is 0 Å². The monoisotopic (exact) mass is 1170 g/mol. The van der Waals surface area contributed by atoms with Crippen LogP contribution < -0.4 is 0 Å². The molecule has 9 aromatic carbocycles. The summed E-state index contributed by atoms with van der Waals surface area (Å²) >= 11 is 1.85. The van der Waals surface area contributed by atoms with Crippen LogP contribution in [-0.4, -0.2) is 34.9 Å². The number of hydrogen-bond donors (Lipinski definition) is 0. The van der Waals surface area contributed by atoms with Crippen molar-refractivity contribution in [3.8, 4) is 90.5 Å². The molecule has 0 aliphatic heterocycles. The summed E-state index contributed by atoms with van der Waals surface area (Å²) in [5.41, 5.74) is 18.3. The largest absolute Gasteiger partial charge is 0.256 e. The molecule has 4 aromatic heterocycles. The van der Waals surface area contributed by atoms with Gasteiger partial charge in [-0.25, -0.2) is 29.9 Å². The molecule has 89 heavy (non-hydrogen) atoms. The molecule has 16 rings (SSSR count). The van der Waals surface area contributed by atoms with Gasteiger partial charge in [-0.15, -0.1) is 11.3 Å². The molecule has 0 fully saturated rings. The van der Waals surface area contributed by atoms with Crippen LogP contribution in [0.15, 0.2) is 212 Å². The molecular weight excluding hydrogens is 1100 g/mol. The third-order valence-corrected chi connectivity index (χ3v) is 20.6. The number of allylic oxidation sites excluding steroid dienone is 1. The Morgan fingerprint density at radius 2 is 0.865 bits per heavy atom. The van der Waals surface area contributed by atoms with Crippen LogP contribution in [0.1, 0.15) is 119 Å². The third-order valence-electron chi connectivity index (χ3n) is 19.3. The van der Waals surface area contributed by atoms with Crippen molar-refractivity contribution in [1.82, 2.24) is 34.9 Å². The summed E-state index contributed by atoms with van der Waals surface area (Å²) in [5, 5.41) is 5.88. The predicted octanol–water partition coefficient (Wildman–Crippen LogP) is 20.8. The molecule has 0 saturated heterocycles. The maximum Gasteiger partial charge on any atom is 0.164 e. The van der Waals surface area contributed by atoms with Gasteiger partial charge < -0.3 is 0 Å². The fraction of sp³-hybridized carbons (Fsp3) is 0.198. The number of pyridine rings is 1. The Kier molecular flexibility index (Phi) is 12.6. The maximum absolute atomic E-state index is 5.43. The Morgan fingerprint density at radius 3 is 1.49 bits per heavy atom. The Morgan fingerprint density at radius 1 is 0.371 bits per heavy atom. The molecule has 4 heterocycles. The minimum absolute atomic E-state index is 0.0209. The van der Waals surface area contributed by atoms with Gasteiger partial charge in [0.1, 0.15) is 5.82 Å². The number of rotatable bonds is 9. The molecule has 13 aromatic rings. The minimum atomic E-state index is -0.0523. The summed E-state index contributed by atoms with van der Waals surface area (Å²) in [5.74, 6) is 4.06. The smallest absolute Gasteiger partial charge is 0.164 e. The van der Waals surface area contributed by atoms with E-state index in [0.717, 1.165) is 91.6 Å². The van der Waals surface area contributed by atoms with Crippen LogP contribution in [0.2, 0.25) is 0 Å². The van der Waals surface area contributed by atoms with Crippen molar-refractivity contribution in [2.24, 2.45) is 0 Å². The van der Waals surface area contributed by atoms with Crippen molar-refractivity contribution in [2.75, 3.05) is 0 Å². The molecular formula is C81H67N7S. The molecule has 0 N–H and O–H groups in total. The van der Waals surface area contributed by atoms with E-state index < -0.39 is 0 Å². The zero-order valence-electron chi connectivity index (χ0n) is 51.5. The number of thiophene rings is 1. The van der Waals surface area contributed by atoms with Crippen molar-refractivity contribution in [1.29, 1.82) is 0 Å². The molecule has 1 atom stereocenters. The molecule has 432 valence electrons. The fourth-order valence-corrected chi connectivity index (χ4v) is 16.8. The Balaban J connectivity index is 0.742. The number of aromatic nitrogens is 7. The lowest BCUT2D eigenvalue weighted by molar-refractivity contribution is 0.402. The summed E-state index contributed by atoms with van der Waals surface area (Å²) in [7, 11) is 0. The van der Waals surface area contributed by atoms with Crippen molar-refractivity contribution < 1.29 is 0 Å². The molecule has 0 amide bonds. The number of benzene rings is 9. The highest BCUT2D eigenvalue weighted by Gasteiger charge is 2.43. The fourth-order valence-electron chi connectivity index (χ4n) is 15.5. The van der Waals surface area contributed by atoms with Gasteiger partial charge in [0.05, 0.1) is 11.6 Å². The van der Waals surface area contributed by atoms with Crippen molar-refractivity contribution in [3.63, 3.8) is 0 Å². The van der Waals surface area contributed by atoms with Crippen LogP contribution >= 0.6 is 11.3 Å². The molecule has 0 radical (unpaired) electrons. The number of nitrogens with zero attached hydrogens (tertiary/aromatic N) is 7. The van der Waals surface area contributed by atoms with Crippen molar-refractivity contribution >= 4 is 49.0 Å². The van der Waals surface area contributed by atoms with E-state index in [1.54, 1.807) is 0 Å². The lowest BCUT2D eigenvalue weighted by Gasteiger charge is -2.22. The van der Waals surface area contributed by atoms with Crippen LogP contribution in [-0.2, 0) is 21.7 Å². The Bertz CT molecular complexity index is 5070. The molecule has 8 heteroatoms. The topological polar surface area (TPSA) is 90.2 Å². The molecule has 0 spiro atoms. The van der Waals surface area contributed by atoms with E-state index in [0.29, 0.717) is 29.1 Å². The highest BCUT2D eigenvalue weighted by atomic mass is 32.1. The normalized spacial score (nSPS) is 16.6. The van der Waals surface area contributed by atoms with Crippen molar-refractivity contribution in [3.05, 3.63) is 251 Å². The molecule has 0 bridgehead atoms. The Hall–Kier alpha value is -9.63. The van der Waals surface area contributed by atoms with Crippen LogP contribution in [0.4, 0.5) is 0 Å². The van der Waals surface area contributed by atoms with E-state index in [1.807, 2.05) is 35.7 Å². The third kappa shape index (κ3) is 9.50. The second kappa shape index (κ2) is 20.5. The second-order valence-electron chi connectivity index (χ2n) is 27.5. The van der Waals surface area contributed by atoms with Crippen molar-refractivity contribution in [2.45, 2.75) is 102 Å². The van der Waals surface area contributed by atoms with Gasteiger partial charge in [0, 0.05) is 54.5 Å². The first kappa shape index (κ1) is 54.7. The summed E-state index contributed by atoms with van der Waals surface area (Å²) < 4.78 is 1.24. The van der Waals surface area contributed by atoms with Gasteiger partial charge in [0.25, 0.3) is 0 Å². The zero-order chi connectivity index (χ0) is 60.6. The lowest BCUT2D eigenvalue weighted by Crippen LogP contribution is -2.18. The van der Waals surface area contributed by atoms with Gasteiger partial charge in [0.15, 0.2) is 29.1 Å². The lowest BCUT2D eigenvalue weighted by atomic mass is 9.82. The zero-order valence-corrected chi connectivity index (χ0v) is 52.3. The molecule has 3 aliphatic carbocycles. The van der Waals surface area contributed by atoms with Crippen LogP contribution in [0, 0.1) is 0 Å². The second-order valence-corrected chi connectivity index (χ2v) is 28.6. The highest BCUT2D eigenvalue weighted by Crippen LogP contribution is 2.52. The summed E-state index contributed by atoms with van der Waals surface area (Å²) in [6, 6.07) is 72.2. The SMILES string of the molecule is CC1(C)CC(C)(C)c2cc(-c3nc(-c4cccc(-c5ccc(-c6ccc7sc8c(c7c6)C=CCC8c6nc(-c7cccc(-c8ccccn8)c7)nc(-c7ccc8c(c7)C(C)(C)CC8(C)C)n6)cc5)c4)nc(-c4cc5ccccc5c5ccccc45)n3)ccc21. The van der Waals surface area contributed by atoms with Gasteiger partial charge in [-0.3, -0.25) is 4.98 Å². The molecule has 1 unspecified atom stereocenters. The number of fused-ring (bicyclic) bond motifs is 8. The van der Waals surface area contributed by atoms with Crippen LogP contribution in [0.25, 0.3) is 128 Å².